The lowest BCUT2D eigenvalue weighted by atomic mass is 9.92. The fraction of sp³-hybridized carbons (Fsp3) is 0.250. The Kier molecular flexibility index (Phi) is 3.71. The maximum atomic E-state index is 6.44. The molecule has 0 saturated heterocycles. The number of aromatic nitrogens is 3. The summed E-state index contributed by atoms with van der Waals surface area (Å²) in [6, 6.07) is 10.6. The number of thiophene rings is 1. The molecule has 3 aromatic heterocycles. The van der Waals surface area contributed by atoms with E-state index in [9.17, 15) is 0 Å². The van der Waals surface area contributed by atoms with Crippen molar-refractivity contribution >= 4 is 43.4 Å². The molecule has 0 radical (unpaired) electrons. The van der Waals surface area contributed by atoms with Gasteiger partial charge in [0.25, 0.3) is 0 Å². The van der Waals surface area contributed by atoms with E-state index in [1.807, 2.05) is 6.92 Å². The molecule has 0 saturated carbocycles. The molecule has 0 bridgehead atoms. The molecule has 1 aliphatic rings. The molecule has 0 N–H and O–H groups in total. The minimum Gasteiger partial charge on any atom is -0.302 e. The molecule has 130 valence electrons. The number of rotatable bonds is 1. The van der Waals surface area contributed by atoms with E-state index < -0.39 is 0 Å². The highest BCUT2D eigenvalue weighted by molar-refractivity contribution is 7.26. The topological polar surface area (TPSA) is 41.9 Å². The zero-order valence-corrected chi connectivity index (χ0v) is 16.2. The minimum absolute atomic E-state index is 0.518. The van der Waals surface area contributed by atoms with Crippen molar-refractivity contribution in [2.75, 3.05) is 13.6 Å². The summed E-state index contributed by atoms with van der Waals surface area (Å²) in [5.41, 5.74) is 5.88. The normalized spacial score (nSPS) is 14.9. The van der Waals surface area contributed by atoms with Gasteiger partial charge in [-0.15, -0.1) is 11.3 Å². The molecule has 0 spiro atoms. The molecule has 0 amide bonds. The summed E-state index contributed by atoms with van der Waals surface area (Å²) >= 11 is 8.04. The smallest absolute Gasteiger partial charge is 0.150 e. The van der Waals surface area contributed by atoms with Crippen LogP contribution in [0.3, 0.4) is 0 Å². The fourth-order valence-corrected chi connectivity index (χ4v) is 5.12. The molecular weight excluding hydrogens is 364 g/mol. The van der Waals surface area contributed by atoms with E-state index in [0.717, 1.165) is 39.9 Å². The van der Waals surface area contributed by atoms with Crippen LogP contribution in [0.2, 0.25) is 5.15 Å². The van der Waals surface area contributed by atoms with Crippen molar-refractivity contribution < 1.29 is 0 Å². The summed E-state index contributed by atoms with van der Waals surface area (Å²) in [5.74, 6) is 0.691. The summed E-state index contributed by atoms with van der Waals surface area (Å²) in [5, 5.41) is 1.63. The molecule has 4 heterocycles. The van der Waals surface area contributed by atoms with E-state index in [1.54, 1.807) is 11.3 Å². The Bertz CT molecular complexity index is 1150. The number of nitrogens with zero attached hydrogens (tertiary/aromatic N) is 4. The van der Waals surface area contributed by atoms with Crippen molar-refractivity contribution in [2.24, 2.45) is 0 Å². The second kappa shape index (κ2) is 5.98. The van der Waals surface area contributed by atoms with Gasteiger partial charge in [-0.2, -0.15) is 0 Å². The number of aryl methyl sites for hydroxylation is 1. The van der Waals surface area contributed by atoms with Gasteiger partial charge in [-0.1, -0.05) is 41.9 Å². The third kappa shape index (κ3) is 2.42. The lowest BCUT2D eigenvalue weighted by Gasteiger charge is -2.27. The zero-order chi connectivity index (χ0) is 17.8. The van der Waals surface area contributed by atoms with Gasteiger partial charge in [0.1, 0.15) is 10.7 Å². The average Bonchev–Trinajstić information content (AvgIpc) is 2.99. The highest BCUT2D eigenvalue weighted by Gasteiger charge is 2.25. The SMILES string of the molecule is Cc1nc(Cl)c2sc3nc4c(c(-c5ccccc5)c3c2n1)CN(C)CC4. The van der Waals surface area contributed by atoms with Gasteiger partial charge in [0.15, 0.2) is 5.15 Å². The van der Waals surface area contributed by atoms with Gasteiger partial charge < -0.3 is 4.90 Å². The standard InChI is InChI=1S/C20H17ClN4S/c1-11-22-17-16-15(12-6-4-3-5-7-12)13-10-25(2)9-8-14(13)24-20(16)26-18(17)19(21)23-11/h3-7H,8-10H2,1-2H3. The molecule has 0 atom stereocenters. The van der Waals surface area contributed by atoms with Crippen molar-refractivity contribution in [3.05, 3.63) is 52.6 Å². The predicted molar refractivity (Wildman–Crippen MR) is 108 cm³/mol. The van der Waals surface area contributed by atoms with Gasteiger partial charge in [-0.25, -0.2) is 15.0 Å². The second-order valence-corrected chi connectivity index (χ2v) is 8.14. The Morgan fingerprint density at radius 2 is 1.92 bits per heavy atom. The van der Waals surface area contributed by atoms with E-state index in [1.165, 1.54) is 22.4 Å². The largest absolute Gasteiger partial charge is 0.302 e. The molecule has 6 heteroatoms. The van der Waals surface area contributed by atoms with Gasteiger partial charge in [0.05, 0.1) is 10.2 Å². The molecule has 5 rings (SSSR count). The Morgan fingerprint density at radius 3 is 2.73 bits per heavy atom. The van der Waals surface area contributed by atoms with E-state index in [4.69, 9.17) is 21.6 Å². The first-order chi connectivity index (χ1) is 12.6. The lowest BCUT2D eigenvalue weighted by Crippen LogP contribution is -2.27. The second-order valence-electron chi connectivity index (χ2n) is 6.79. The predicted octanol–water partition coefficient (Wildman–Crippen LogP) is 4.86. The quantitative estimate of drug-likeness (QED) is 0.442. The molecule has 0 aliphatic carbocycles. The van der Waals surface area contributed by atoms with E-state index >= 15 is 0 Å². The summed E-state index contributed by atoms with van der Waals surface area (Å²) < 4.78 is 0.924. The molecule has 1 aromatic carbocycles. The van der Waals surface area contributed by atoms with Crippen molar-refractivity contribution in [3.8, 4) is 11.1 Å². The van der Waals surface area contributed by atoms with Gasteiger partial charge in [0, 0.05) is 36.2 Å². The molecule has 26 heavy (non-hydrogen) atoms. The van der Waals surface area contributed by atoms with Crippen LogP contribution in [0.15, 0.2) is 30.3 Å². The van der Waals surface area contributed by atoms with Crippen molar-refractivity contribution in [2.45, 2.75) is 19.9 Å². The molecule has 0 fully saturated rings. The maximum Gasteiger partial charge on any atom is 0.150 e. The third-order valence-electron chi connectivity index (χ3n) is 4.94. The van der Waals surface area contributed by atoms with Crippen molar-refractivity contribution in [1.82, 2.24) is 19.9 Å². The maximum absolute atomic E-state index is 6.44. The van der Waals surface area contributed by atoms with Crippen LogP contribution in [0.1, 0.15) is 17.1 Å². The van der Waals surface area contributed by atoms with Gasteiger partial charge >= 0.3 is 0 Å². The Hall–Kier alpha value is -2.08. The van der Waals surface area contributed by atoms with Crippen LogP contribution in [0, 0.1) is 6.92 Å². The lowest BCUT2D eigenvalue weighted by molar-refractivity contribution is 0.311. The molecule has 4 nitrogen and oxygen atoms in total. The monoisotopic (exact) mass is 380 g/mol. The minimum atomic E-state index is 0.518. The molecule has 1 aliphatic heterocycles. The molecule has 4 aromatic rings. The van der Waals surface area contributed by atoms with Crippen LogP contribution in [0.5, 0.6) is 0 Å². The van der Waals surface area contributed by atoms with Crippen molar-refractivity contribution in [1.29, 1.82) is 0 Å². The Labute approximate surface area is 160 Å². The number of benzene rings is 1. The van der Waals surface area contributed by atoms with Crippen LogP contribution in [0.4, 0.5) is 0 Å². The van der Waals surface area contributed by atoms with E-state index in [0.29, 0.717) is 11.0 Å². The Balaban J connectivity index is 1.98. The fourth-order valence-electron chi connectivity index (χ4n) is 3.77. The first kappa shape index (κ1) is 16.1. The van der Waals surface area contributed by atoms with Gasteiger partial charge in [-0.05, 0) is 25.1 Å². The number of likely N-dealkylation sites (N-methyl/N-ethyl adjacent to an activating group) is 1. The van der Waals surface area contributed by atoms with Crippen molar-refractivity contribution in [3.63, 3.8) is 0 Å². The van der Waals surface area contributed by atoms with Crippen LogP contribution in [-0.2, 0) is 13.0 Å². The first-order valence-corrected chi connectivity index (χ1v) is 9.83. The number of halogens is 1. The van der Waals surface area contributed by atoms with Crippen LogP contribution >= 0.6 is 22.9 Å². The zero-order valence-electron chi connectivity index (χ0n) is 14.6. The first-order valence-electron chi connectivity index (χ1n) is 8.64. The Morgan fingerprint density at radius 1 is 1.12 bits per heavy atom. The van der Waals surface area contributed by atoms with E-state index in [2.05, 4.69) is 47.3 Å². The molecule has 0 unspecified atom stereocenters. The summed E-state index contributed by atoms with van der Waals surface area (Å²) in [6.07, 6.45) is 0.967. The van der Waals surface area contributed by atoms with Gasteiger partial charge in [-0.3, -0.25) is 0 Å². The highest BCUT2D eigenvalue weighted by atomic mass is 35.5. The average molecular weight is 381 g/mol. The number of hydrogen-bond donors (Lipinski definition) is 0. The number of hydrogen-bond acceptors (Lipinski definition) is 5. The molecular formula is C20H17ClN4S. The highest BCUT2D eigenvalue weighted by Crippen LogP contribution is 2.43. The van der Waals surface area contributed by atoms with Crippen LogP contribution in [-0.4, -0.2) is 33.4 Å². The number of pyridine rings is 1. The third-order valence-corrected chi connectivity index (χ3v) is 6.41. The summed E-state index contributed by atoms with van der Waals surface area (Å²) in [7, 11) is 2.16. The number of fused-ring (bicyclic) bond motifs is 4. The van der Waals surface area contributed by atoms with E-state index in [-0.39, 0.29) is 0 Å². The summed E-state index contributed by atoms with van der Waals surface area (Å²) in [6.45, 7) is 3.82. The van der Waals surface area contributed by atoms with Crippen LogP contribution in [0.25, 0.3) is 31.6 Å². The van der Waals surface area contributed by atoms with Crippen LogP contribution < -0.4 is 0 Å². The van der Waals surface area contributed by atoms with Gasteiger partial charge in [0.2, 0.25) is 0 Å². The summed E-state index contributed by atoms with van der Waals surface area (Å²) in [4.78, 5) is 17.4.